The number of primary amides is 1. The average Bonchev–Trinajstić information content (AvgIpc) is 2.67. The summed E-state index contributed by atoms with van der Waals surface area (Å²) in [5.74, 6) is -0.434. The van der Waals surface area contributed by atoms with E-state index >= 15 is 0 Å². The number of ether oxygens (including phenoxy) is 1. The van der Waals surface area contributed by atoms with Gasteiger partial charge in [0.05, 0.1) is 6.61 Å². The minimum Gasteiger partial charge on any atom is -0.493 e. The third-order valence-electron chi connectivity index (χ3n) is 4.93. The Morgan fingerprint density at radius 3 is 2.64 bits per heavy atom. The summed E-state index contributed by atoms with van der Waals surface area (Å²) in [4.78, 5) is 26.3. The first-order valence-electron chi connectivity index (χ1n) is 9.08. The molecule has 28 heavy (non-hydrogen) atoms. The van der Waals surface area contributed by atoms with Crippen molar-refractivity contribution < 1.29 is 18.7 Å². The maximum atomic E-state index is 13.1. The van der Waals surface area contributed by atoms with Gasteiger partial charge in [-0.2, -0.15) is 0 Å². The Balaban J connectivity index is 1.76. The molecule has 0 bridgehead atoms. The van der Waals surface area contributed by atoms with Crippen LogP contribution in [0.2, 0.25) is 5.02 Å². The van der Waals surface area contributed by atoms with Gasteiger partial charge in [-0.3, -0.25) is 9.59 Å². The number of carbonyl (C=O) groups excluding carboxylic acids is 2. The van der Waals surface area contributed by atoms with Gasteiger partial charge in [0.1, 0.15) is 11.6 Å². The molecule has 1 heterocycles. The lowest BCUT2D eigenvalue weighted by Gasteiger charge is -2.42. The summed E-state index contributed by atoms with van der Waals surface area (Å²) in [5.41, 5.74) is 5.40. The van der Waals surface area contributed by atoms with Crippen molar-refractivity contribution in [3.63, 3.8) is 0 Å². The van der Waals surface area contributed by atoms with E-state index in [-0.39, 0.29) is 24.8 Å². The summed E-state index contributed by atoms with van der Waals surface area (Å²) in [6.45, 7) is 1.14. The van der Waals surface area contributed by atoms with Gasteiger partial charge in [-0.1, -0.05) is 17.7 Å². The van der Waals surface area contributed by atoms with Crippen LogP contribution in [-0.4, -0.2) is 36.4 Å². The Hall–Kier alpha value is -2.60. The van der Waals surface area contributed by atoms with Crippen LogP contribution in [0, 0.1) is 11.2 Å². The Kier molecular flexibility index (Phi) is 6.19. The maximum absolute atomic E-state index is 13.1. The maximum Gasteiger partial charge on any atom is 0.253 e. The quantitative estimate of drug-likeness (QED) is 0.798. The second-order valence-corrected chi connectivity index (χ2v) is 7.66. The standard InChI is InChI=1S/C21H22ClFN2O3/c22-16-4-1-3-15(11-16)20(27)25-10-2-9-21(13-25,12-19(24)26)14-28-18-7-5-17(23)6-8-18/h1,3-8,11H,2,9-10,12-14H2,(H2,24,26)/t21-/m1/s1. The van der Waals surface area contributed by atoms with E-state index in [4.69, 9.17) is 22.1 Å². The predicted molar refractivity (Wildman–Crippen MR) is 105 cm³/mol. The van der Waals surface area contributed by atoms with Crippen molar-refractivity contribution in [3.05, 3.63) is 64.9 Å². The number of nitrogens with zero attached hydrogens (tertiary/aromatic N) is 1. The van der Waals surface area contributed by atoms with E-state index in [1.807, 2.05) is 0 Å². The number of hydrogen-bond acceptors (Lipinski definition) is 3. The van der Waals surface area contributed by atoms with Gasteiger partial charge in [0, 0.05) is 35.5 Å². The van der Waals surface area contributed by atoms with Gasteiger partial charge in [0.15, 0.2) is 0 Å². The molecule has 2 amide bonds. The van der Waals surface area contributed by atoms with Gasteiger partial charge < -0.3 is 15.4 Å². The number of benzene rings is 2. The molecule has 1 aliphatic heterocycles. The predicted octanol–water partition coefficient (Wildman–Crippen LogP) is 3.66. The Bertz CT molecular complexity index is 859. The number of likely N-dealkylation sites (tertiary alicyclic amines) is 1. The fraction of sp³-hybridized carbons (Fsp3) is 0.333. The van der Waals surface area contributed by atoms with Crippen molar-refractivity contribution in [2.45, 2.75) is 19.3 Å². The molecular weight excluding hydrogens is 383 g/mol. The molecule has 3 rings (SSSR count). The van der Waals surface area contributed by atoms with Gasteiger partial charge in [0.25, 0.3) is 5.91 Å². The number of nitrogens with two attached hydrogens (primary N) is 1. The lowest BCUT2D eigenvalue weighted by atomic mass is 9.77. The van der Waals surface area contributed by atoms with E-state index in [2.05, 4.69) is 0 Å². The topological polar surface area (TPSA) is 72.6 Å². The van der Waals surface area contributed by atoms with Crippen LogP contribution in [0.3, 0.4) is 0 Å². The molecule has 2 aromatic carbocycles. The summed E-state index contributed by atoms with van der Waals surface area (Å²) < 4.78 is 18.9. The molecule has 0 aromatic heterocycles. The van der Waals surface area contributed by atoms with Crippen LogP contribution in [0.4, 0.5) is 4.39 Å². The van der Waals surface area contributed by atoms with Crippen molar-refractivity contribution in [2.75, 3.05) is 19.7 Å². The SMILES string of the molecule is NC(=O)C[C@]1(COc2ccc(F)cc2)CCCN(C(=O)c2cccc(Cl)c2)C1. The van der Waals surface area contributed by atoms with E-state index in [0.29, 0.717) is 35.8 Å². The van der Waals surface area contributed by atoms with Gasteiger partial charge in [-0.15, -0.1) is 0 Å². The van der Waals surface area contributed by atoms with Crippen LogP contribution < -0.4 is 10.5 Å². The van der Waals surface area contributed by atoms with Gasteiger partial charge in [-0.05, 0) is 55.3 Å². The van der Waals surface area contributed by atoms with Gasteiger partial charge in [-0.25, -0.2) is 4.39 Å². The Morgan fingerprint density at radius 1 is 1.21 bits per heavy atom. The second-order valence-electron chi connectivity index (χ2n) is 7.23. The van der Waals surface area contributed by atoms with Gasteiger partial charge >= 0.3 is 0 Å². The minimum absolute atomic E-state index is 0.105. The van der Waals surface area contributed by atoms with Crippen LogP contribution in [0.5, 0.6) is 5.75 Å². The molecule has 5 nitrogen and oxygen atoms in total. The normalized spacial score (nSPS) is 19.3. The summed E-state index contributed by atoms with van der Waals surface area (Å²) in [7, 11) is 0. The molecule has 148 valence electrons. The van der Waals surface area contributed by atoms with Crippen molar-refractivity contribution in [1.82, 2.24) is 4.90 Å². The zero-order valence-corrected chi connectivity index (χ0v) is 16.1. The number of rotatable bonds is 6. The molecule has 0 aliphatic carbocycles. The number of hydrogen-bond donors (Lipinski definition) is 1. The Morgan fingerprint density at radius 2 is 1.96 bits per heavy atom. The van der Waals surface area contributed by atoms with Crippen LogP contribution in [0.15, 0.2) is 48.5 Å². The first kappa shape index (κ1) is 20.1. The van der Waals surface area contributed by atoms with Gasteiger partial charge in [0.2, 0.25) is 5.91 Å². The van der Waals surface area contributed by atoms with Crippen molar-refractivity contribution in [3.8, 4) is 5.75 Å². The molecule has 0 spiro atoms. The van der Waals surface area contributed by atoms with Crippen LogP contribution in [-0.2, 0) is 4.79 Å². The van der Waals surface area contributed by atoms with E-state index in [1.165, 1.54) is 24.3 Å². The van der Waals surface area contributed by atoms with Crippen LogP contribution in [0.1, 0.15) is 29.6 Å². The van der Waals surface area contributed by atoms with Crippen molar-refractivity contribution in [1.29, 1.82) is 0 Å². The Labute approximate surface area is 168 Å². The highest BCUT2D eigenvalue weighted by molar-refractivity contribution is 6.30. The highest BCUT2D eigenvalue weighted by Crippen LogP contribution is 2.35. The fourth-order valence-electron chi connectivity index (χ4n) is 3.64. The molecule has 2 aromatic rings. The fourth-order valence-corrected chi connectivity index (χ4v) is 3.83. The summed E-state index contributed by atoms with van der Waals surface area (Å²) in [5, 5.41) is 0.492. The minimum atomic E-state index is -0.591. The van der Waals surface area contributed by atoms with Crippen molar-refractivity contribution in [2.24, 2.45) is 11.1 Å². The highest BCUT2D eigenvalue weighted by atomic mass is 35.5. The van der Waals surface area contributed by atoms with E-state index in [0.717, 1.165) is 6.42 Å². The largest absolute Gasteiger partial charge is 0.493 e. The molecule has 7 heteroatoms. The second kappa shape index (κ2) is 8.61. The zero-order valence-electron chi connectivity index (χ0n) is 15.4. The lowest BCUT2D eigenvalue weighted by Crippen LogP contribution is -2.50. The molecule has 0 radical (unpaired) electrons. The first-order valence-corrected chi connectivity index (χ1v) is 9.46. The molecule has 1 saturated heterocycles. The third kappa shape index (κ3) is 5.01. The summed E-state index contributed by atoms with van der Waals surface area (Å²) >= 11 is 6.00. The molecule has 2 N–H and O–H groups in total. The number of amides is 2. The smallest absolute Gasteiger partial charge is 0.253 e. The molecule has 0 unspecified atom stereocenters. The number of halogens is 2. The van der Waals surface area contributed by atoms with E-state index < -0.39 is 11.3 Å². The number of carbonyl (C=O) groups is 2. The number of piperidine rings is 1. The highest BCUT2D eigenvalue weighted by Gasteiger charge is 2.39. The third-order valence-corrected chi connectivity index (χ3v) is 5.16. The van der Waals surface area contributed by atoms with Crippen LogP contribution >= 0.6 is 11.6 Å². The summed E-state index contributed by atoms with van der Waals surface area (Å²) in [6.07, 6.45) is 1.54. The molecule has 1 atom stereocenters. The average molecular weight is 405 g/mol. The first-order chi connectivity index (χ1) is 13.4. The van der Waals surface area contributed by atoms with E-state index in [1.54, 1.807) is 29.2 Å². The molecule has 1 aliphatic rings. The zero-order chi connectivity index (χ0) is 20.1. The lowest BCUT2D eigenvalue weighted by molar-refractivity contribution is -0.122. The molecular formula is C21H22ClFN2O3. The molecule has 0 saturated carbocycles. The van der Waals surface area contributed by atoms with E-state index in [9.17, 15) is 14.0 Å². The van der Waals surface area contributed by atoms with Crippen LogP contribution in [0.25, 0.3) is 0 Å². The monoisotopic (exact) mass is 404 g/mol. The molecule has 1 fully saturated rings. The van der Waals surface area contributed by atoms with Crippen molar-refractivity contribution >= 4 is 23.4 Å². The summed E-state index contributed by atoms with van der Waals surface area (Å²) in [6, 6.07) is 12.5.